The molecule has 0 aliphatic heterocycles. The standard InChI is InChI=1S/C12H21N3O4/c1-14(3-6-18-2)11-9-12(17)15(13-10-11)4-7-19-8-5-16/h9-10,16H,3-8H2,1-2H3. The number of methoxy groups -OCH3 is 1. The summed E-state index contributed by atoms with van der Waals surface area (Å²) in [5, 5.41) is 12.6. The number of aliphatic hydroxyl groups is 1. The van der Waals surface area contributed by atoms with Crippen molar-refractivity contribution in [2.24, 2.45) is 0 Å². The van der Waals surface area contributed by atoms with Gasteiger partial charge in [-0.15, -0.1) is 0 Å². The summed E-state index contributed by atoms with van der Waals surface area (Å²) in [6, 6.07) is 1.54. The van der Waals surface area contributed by atoms with Gasteiger partial charge in [-0.2, -0.15) is 5.10 Å². The summed E-state index contributed by atoms with van der Waals surface area (Å²) in [5.41, 5.74) is 0.587. The van der Waals surface area contributed by atoms with Gasteiger partial charge in [0.1, 0.15) is 0 Å². The van der Waals surface area contributed by atoms with E-state index < -0.39 is 0 Å². The molecule has 7 heteroatoms. The van der Waals surface area contributed by atoms with Crippen LogP contribution in [-0.2, 0) is 16.0 Å². The van der Waals surface area contributed by atoms with Gasteiger partial charge in [-0.25, -0.2) is 4.68 Å². The second-order valence-corrected chi connectivity index (χ2v) is 4.03. The van der Waals surface area contributed by atoms with Gasteiger partial charge in [-0.1, -0.05) is 0 Å². The average Bonchev–Trinajstić information content (AvgIpc) is 2.42. The second kappa shape index (κ2) is 8.63. The van der Waals surface area contributed by atoms with Gasteiger partial charge in [-0.05, 0) is 0 Å². The van der Waals surface area contributed by atoms with Gasteiger partial charge in [0.15, 0.2) is 0 Å². The smallest absolute Gasteiger partial charge is 0.268 e. The molecular formula is C12H21N3O4. The predicted octanol–water partition coefficient (Wildman–Crippen LogP) is -0.665. The molecule has 0 aliphatic carbocycles. The Morgan fingerprint density at radius 1 is 1.42 bits per heavy atom. The van der Waals surface area contributed by atoms with E-state index in [-0.39, 0.29) is 18.8 Å². The lowest BCUT2D eigenvalue weighted by Gasteiger charge is -2.18. The quantitative estimate of drug-likeness (QED) is 0.601. The fraction of sp³-hybridized carbons (Fsp3) is 0.667. The first-order valence-electron chi connectivity index (χ1n) is 6.15. The van der Waals surface area contributed by atoms with Gasteiger partial charge in [-0.3, -0.25) is 4.79 Å². The van der Waals surface area contributed by atoms with E-state index in [0.717, 1.165) is 5.69 Å². The van der Waals surface area contributed by atoms with Crippen LogP contribution in [0.25, 0.3) is 0 Å². The molecule has 1 aromatic heterocycles. The molecule has 0 fully saturated rings. The molecule has 0 saturated heterocycles. The van der Waals surface area contributed by atoms with Crippen LogP contribution in [0.3, 0.4) is 0 Å². The van der Waals surface area contributed by atoms with Crippen molar-refractivity contribution in [2.75, 3.05) is 52.0 Å². The first-order chi connectivity index (χ1) is 9.19. The highest BCUT2D eigenvalue weighted by molar-refractivity contribution is 5.41. The van der Waals surface area contributed by atoms with Crippen LogP contribution in [0.2, 0.25) is 0 Å². The zero-order valence-electron chi connectivity index (χ0n) is 11.4. The maximum Gasteiger partial charge on any atom is 0.268 e. The van der Waals surface area contributed by atoms with Crippen molar-refractivity contribution in [1.82, 2.24) is 9.78 Å². The van der Waals surface area contributed by atoms with Crippen LogP contribution in [0.5, 0.6) is 0 Å². The maximum atomic E-state index is 11.8. The number of rotatable bonds is 9. The molecule has 19 heavy (non-hydrogen) atoms. The number of anilines is 1. The monoisotopic (exact) mass is 271 g/mol. The molecule has 1 heterocycles. The Balaban J connectivity index is 2.56. The van der Waals surface area contributed by atoms with E-state index in [1.165, 1.54) is 10.7 Å². The number of hydrogen-bond donors (Lipinski definition) is 1. The molecule has 0 saturated carbocycles. The van der Waals surface area contributed by atoms with Crippen LogP contribution in [0.15, 0.2) is 17.1 Å². The number of aromatic nitrogens is 2. The lowest BCUT2D eigenvalue weighted by molar-refractivity contribution is 0.0847. The van der Waals surface area contributed by atoms with Gasteiger partial charge in [0.05, 0.1) is 44.9 Å². The first-order valence-corrected chi connectivity index (χ1v) is 6.15. The van der Waals surface area contributed by atoms with E-state index in [9.17, 15) is 4.79 Å². The van der Waals surface area contributed by atoms with E-state index in [1.807, 2.05) is 11.9 Å². The molecule has 7 nitrogen and oxygen atoms in total. The molecule has 1 N–H and O–H groups in total. The Hall–Kier alpha value is -1.44. The zero-order valence-corrected chi connectivity index (χ0v) is 11.4. The molecule has 1 rings (SSSR count). The van der Waals surface area contributed by atoms with Crippen molar-refractivity contribution in [3.8, 4) is 0 Å². The van der Waals surface area contributed by atoms with Crippen molar-refractivity contribution >= 4 is 5.69 Å². The Bertz CT molecular complexity index is 422. The lowest BCUT2D eigenvalue weighted by atomic mass is 10.4. The molecule has 108 valence electrons. The Morgan fingerprint density at radius 3 is 2.84 bits per heavy atom. The van der Waals surface area contributed by atoms with Crippen LogP contribution in [0.4, 0.5) is 5.69 Å². The summed E-state index contributed by atoms with van der Waals surface area (Å²) in [6.07, 6.45) is 1.64. The number of aliphatic hydroxyl groups excluding tert-OH is 1. The molecule has 0 aliphatic rings. The third-order valence-electron chi connectivity index (χ3n) is 2.61. The largest absolute Gasteiger partial charge is 0.394 e. The second-order valence-electron chi connectivity index (χ2n) is 4.03. The van der Waals surface area contributed by atoms with Crippen molar-refractivity contribution in [3.63, 3.8) is 0 Å². The summed E-state index contributed by atoms with van der Waals surface area (Å²) in [6.45, 7) is 2.27. The van der Waals surface area contributed by atoms with Crippen LogP contribution in [-0.4, -0.2) is 62.0 Å². The summed E-state index contributed by atoms with van der Waals surface area (Å²) >= 11 is 0. The Kier molecular flexibility index (Phi) is 7.09. The highest BCUT2D eigenvalue weighted by Gasteiger charge is 2.04. The minimum Gasteiger partial charge on any atom is -0.394 e. The van der Waals surface area contributed by atoms with E-state index in [2.05, 4.69) is 5.10 Å². The van der Waals surface area contributed by atoms with E-state index in [4.69, 9.17) is 14.6 Å². The summed E-state index contributed by atoms with van der Waals surface area (Å²) in [7, 11) is 3.51. The van der Waals surface area contributed by atoms with Gasteiger partial charge >= 0.3 is 0 Å². The topological polar surface area (TPSA) is 76.8 Å². The van der Waals surface area contributed by atoms with E-state index in [0.29, 0.717) is 26.3 Å². The number of hydrogen-bond acceptors (Lipinski definition) is 6. The van der Waals surface area contributed by atoms with Crippen LogP contribution >= 0.6 is 0 Å². The van der Waals surface area contributed by atoms with Crippen molar-refractivity contribution < 1.29 is 14.6 Å². The lowest BCUT2D eigenvalue weighted by Crippen LogP contribution is -2.28. The Labute approximate surface area is 112 Å². The normalized spacial score (nSPS) is 10.7. The number of nitrogens with zero attached hydrogens (tertiary/aromatic N) is 3. The minimum absolute atomic E-state index is 0.0223. The van der Waals surface area contributed by atoms with Gasteiger partial charge in [0.2, 0.25) is 0 Å². The maximum absolute atomic E-state index is 11.8. The SMILES string of the molecule is COCCN(C)c1cnn(CCOCCO)c(=O)c1. The first kappa shape index (κ1) is 15.6. The van der Waals surface area contributed by atoms with Crippen LogP contribution in [0.1, 0.15) is 0 Å². The number of ether oxygens (including phenoxy) is 2. The summed E-state index contributed by atoms with van der Waals surface area (Å²) in [5.74, 6) is 0. The fourth-order valence-corrected chi connectivity index (χ4v) is 1.48. The molecule has 0 spiro atoms. The third-order valence-corrected chi connectivity index (χ3v) is 2.61. The summed E-state index contributed by atoms with van der Waals surface area (Å²) in [4.78, 5) is 13.7. The van der Waals surface area contributed by atoms with Crippen molar-refractivity contribution in [2.45, 2.75) is 6.54 Å². The van der Waals surface area contributed by atoms with Gasteiger partial charge in [0, 0.05) is 26.8 Å². The fourth-order valence-electron chi connectivity index (χ4n) is 1.48. The van der Waals surface area contributed by atoms with E-state index in [1.54, 1.807) is 13.3 Å². The van der Waals surface area contributed by atoms with Crippen LogP contribution < -0.4 is 10.5 Å². The molecule has 1 aromatic rings. The molecule has 0 radical (unpaired) electrons. The number of likely N-dealkylation sites (N-methyl/N-ethyl adjacent to an activating group) is 1. The average molecular weight is 271 g/mol. The molecule has 0 amide bonds. The molecule has 0 bridgehead atoms. The minimum atomic E-state index is -0.172. The summed E-state index contributed by atoms with van der Waals surface area (Å²) < 4.78 is 11.4. The molecule has 0 atom stereocenters. The molecule has 0 unspecified atom stereocenters. The molecule has 0 aromatic carbocycles. The van der Waals surface area contributed by atoms with Crippen molar-refractivity contribution in [1.29, 1.82) is 0 Å². The highest BCUT2D eigenvalue weighted by atomic mass is 16.5. The van der Waals surface area contributed by atoms with E-state index >= 15 is 0 Å². The van der Waals surface area contributed by atoms with Gasteiger partial charge < -0.3 is 19.5 Å². The molecular weight excluding hydrogens is 250 g/mol. The third kappa shape index (κ3) is 5.37. The highest BCUT2D eigenvalue weighted by Crippen LogP contribution is 2.05. The Morgan fingerprint density at radius 2 is 2.21 bits per heavy atom. The van der Waals surface area contributed by atoms with Gasteiger partial charge in [0.25, 0.3) is 5.56 Å². The zero-order chi connectivity index (χ0) is 14.1. The van der Waals surface area contributed by atoms with Crippen LogP contribution in [0, 0.1) is 0 Å². The van der Waals surface area contributed by atoms with Crippen molar-refractivity contribution in [3.05, 3.63) is 22.6 Å². The predicted molar refractivity (Wildman–Crippen MR) is 71.5 cm³/mol.